The van der Waals surface area contributed by atoms with Gasteiger partial charge in [-0.25, -0.2) is 0 Å². The zero-order valence-electron chi connectivity index (χ0n) is 16.0. The summed E-state index contributed by atoms with van der Waals surface area (Å²) in [7, 11) is 0. The number of likely N-dealkylation sites (tertiary alicyclic amines) is 1. The van der Waals surface area contributed by atoms with E-state index >= 15 is 0 Å². The second kappa shape index (κ2) is 10.3. The van der Waals surface area contributed by atoms with E-state index in [0.717, 1.165) is 24.1 Å². The summed E-state index contributed by atoms with van der Waals surface area (Å²) in [4.78, 5) is 25.8. The maximum Gasteiger partial charge on any atom is 0.306 e. The Morgan fingerprint density at radius 3 is 2.38 bits per heavy atom. The predicted molar refractivity (Wildman–Crippen MR) is 103 cm³/mol. The highest BCUT2D eigenvalue weighted by Crippen LogP contribution is 2.18. The first-order valence-electron chi connectivity index (χ1n) is 9.79. The Labute approximate surface area is 156 Å². The minimum Gasteiger partial charge on any atom is -0.481 e. The first-order chi connectivity index (χ1) is 12.5. The molecule has 0 saturated carbocycles. The second-order valence-corrected chi connectivity index (χ2v) is 7.45. The molecule has 2 rings (SSSR count). The van der Waals surface area contributed by atoms with Gasteiger partial charge in [0, 0.05) is 6.54 Å². The number of aliphatic carboxylic acids is 1. The minimum atomic E-state index is -0.786. The molecule has 5 heteroatoms. The van der Waals surface area contributed by atoms with Crippen LogP contribution >= 0.6 is 0 Å². The van der Waals surface area contributed by atoms with E-state index in [9.17, 15) is 9.59 Å². The summed E-state index contributed by atoms with van der Waals surface area (Å²) in [6.07, 6.45) is 5.44. The van der Waals surface area contributed by atoms with Gasteiger partial charge in [0.05, 0.1) is 11.8 Å². The molecule has 1 amide bonds. The van der Waals surface area contributed by atoms with Crippen LogP contribution < -0.4 is 5.32 Å². The van der Waals surface area contributed by atoms with Gasteiger partial charge in [0.1, 0.15) is 0 Å². The quantitative estimate of drug-likeness (QED) is 0.664. The Morgan fingerprint density at radius 2 is 1.77 bits per heavy atom. The standard InChI is InChI=1S/C21H32N2O3/c1-16(21(25)26)15-18-7-9-19(10-8-18)17(2)20(24)22-11-6-14-23-12-4-3-5-13-23/h7-10,16-17H,3-6,11-15H2,1-2H3,(H,22,24)(H,25,26). The minimum absolute atomic E-state index is 0.0512. The van der Waals surface area contributed by atoms with Crippen molar-refractivity contribution in [3.63, 3.8) is 0 Å². The van der Waals surface area contributed by atoms with E-state index < -0.39 is 11.9 Å². The van der Waals surface area contributed by atoms with Gasteiger partial charge < -0.3 is 15.3 Å². The van der Waals surface area contributed by atoms with Crippen LogP contribution in [0.3, 0.4) is 0 Å². The summed E-state index contributed by atoms with van der Waals surface area (Å²) >= 11 is 0. The summed E-state index contributed by atoms with van der Waals surface area (Å²) in [5, 5.41) is 12.0. The number of carboxylic acid groups (broad SMARTS) is 1. The van der Waals surface area contributed by atoms with Crippen LogP contribution in [0, 0.1) is 5.92 Å². The molecule has 0 aliphatic carbocycles. The first kappa shape index (κ1) is 20.4. The summed E-state index contributed by atoms with van der Waals surface area (Å²) in [6.45, 7) is 7.78. The van der Waals surface area contributed by atoms with Crippen LogP contribution in [0.15, 0.2) is 24.3 Å². The molecule has 0 bridgehead atoms. The number of rotatable bonds is 9. The van der Waals surface area contributed by atoms with Crippen molar-refractivity contribution < 1.29 is 14.7 Å². The SMILES string of the molecule is CC(Cc1ccc(C(C)C(=O)NCCCN2CCCCC2)cc1)C(=O)O. The summed E-state index contributed by atoms with van der Waals surface area (Å²) in [6, 6.07) is 7.72. The molecule has 1 aromatic carbocycles. The van der Waals surface area contributed by atoms with Gasteiger partial charge in [-0.05, 0) is 63.4 Å². The zero-order chi connectivity index (χ0) is 18.9. The van der Waals surface area contributed by atoms with Gasteiger partial charge in [-0.15, -0.1) is 0 Å². The Bertz CT molecular complexity index is 579. The normalized spacial score (nSPS) is 17.5. The molecule has 2 N–H and O–H groups in total. The Kier molecular flexibility index (Phi) is 8.10. The van der Waals surface area contributed by atoms with Crippen LogP contribution in [0.2, 0.25) is 0 Å². The van der Waals surface area contributed by atoms with Gasteiger partial charge >= 0.3 is 5.97 Å². The summed E-state index contributed by atoms with van der Waals surface area (Å²) in [5.74, 6) is -1.33. The molecule has 5 nitrogen and oxygen atoms in total. The number of benzene rings is 1. The molecule has 1 aromatic rings. The van der Waals surface area contributed by atoms with Gasteiger partial charge in [-0.2, -0.15) is 0 Å². The van der Waals surface area contributed by atoms with Crippen LogP contribution in [-0.2, 0) is 16.0 Å². The van der Waals surface area contributed by atoms with Crippen LogP contribution in [0.4, 0.5) is 0 Å². The van der Waals surface area contributed by atoms with Crippen molar-refractivity contribution in [2.45, 2.75) is 51.9 Å². The molecule has 0 spiro atoms. The third-order valence-corrected chi connectivity index (χ3v) is 5.24. The molecular weight excluding hydrogens is 328 g/mol. The van der Waals surface area contributed by atoms with Crippen molar-refractivity contribution in [2.24, 2.45) is 5.92 Å². The van der Waals surface area contributed by atoms with Crippen molar-refractivity contribution in [3.8, 4) is 0 Å². The highest BCUT2D eigenvalue weighted by molar-refractivity contribution is 5.83. The average molecular weight is 360 g/mol. The average Bonchev–Trinajstić information content (AvgIpc) is 2.65. The lowest BCUT2D eigenvalue weighted by Crippen LogP contribution is -2.34. The lowest BCUT2D eigenvalue weighted by atomic mass is 9.96. The van der Waals surface area contributed by atoms with Crippen molar-refractivity contribution in [3.05, 3.63) is 35.4 Å². The summed E-state index contributed by atoms with van der Waals surface area (Å²) in [5.41, 5.74) is 1.95. The van der Waals surface area contributed by atoms with Crippen LogP contribution in [0.25, 0.3) is 0 Å². The molecule has 1 saturated heterocycles. The zero-order valence-corrected chi connectivity index (χ0v) is 16.0. The predicted octanol–water partition coefficient (Wildman–Crippen LogP) is 3.05. The van der Waals surface area contributed by atoms with E-state index in [2.05, 4.69) is 10.2 Å². The number of carbonyl (C=O) groups is 2. The molecule has 2 atom stereocenters. The lowest BCUT2D eigenvalue weighted by Gasteiger charge is -2.26. The van der Waals surface area contributed by atoms with Crippen LogP contribution in [0.5, 0.6) is 0 Å². The van der Waals surface area contributed by atoms with Crippen molar-refractivity contribution in [1.29, 1.82) is 0 Å². The number of piperidine rings is 1. The number of carboxylic acids is 1. The molecule has 1 aliphatic heterocycles. The lowest BCUT2D eigenvalue weighted by molar-refractivity contribution is -0.141. The number of nitrogens with zero attached hydrogens (tertiary/aromatic N) is 1. The molecule has 144 valence electrons. The molecule has 1 heterocycles. The molecule has 26 heavy (non-hydrogen) atoms. The van der Waals surface area contributed by atoms with Crippen molar-refractivity contribution in [1.82, 2.24) is 10.2 Å². The maximum atomic E-state index is 12.3. The number of nitrogens with one attached hydrogen (secondary N) is 1. The third-order valence-electron chi connectivity index (χ3n) is 5.24. The van der Waals surface area contributed by atoms with Gasteiger partial charge in [-0.1, -0.05) is 37.6 Å². The highest BCUT2D eigenvalue weighted by Gasteiger charge is 2.16. The fourth-order valence-electron chi connectivity index (χ4n) is 3.38. The highest BCUT2D eigenvalue weighted by atomic mass is 16.4. The molecule has 2 unspecified atom stereocenters. The van der Waals surface area contributed by atoms with Gasteiger partial charge in [0.15, 0.2) is 0 Å². The fraction of sp³-hybridized carbons (Fsp3) is 0.619. The summed E-state index contributed by atoms with van der Waals surface area (Å²) < 4.78 is 0. The van der Waals surface area contributed by atoms with Crippen LogP contribution in [-0.4, -0.2) is 48.1 Å². The monoisotopic (exact) mass is 360 g/mol. The Hall–Kier alpha value is -1.88. The topological polar surface area (TPSA) is 69.6 Å². The van der Waals surface area contributed by atoms with Crippen molar-refractivity contribution >= 4 is 11.9 Å². The van der Waals surface area contributed by atoms with Gasteiger partial charge in [0.25, 0.3) is 0 Å². The first-order valence-corrected chi connectivity index (χ1v) is 9.79. The largest absolute Gasteiger partial charge is 0.481 e. The molecule has 1 fully saturated rings. The van der Waals surface area contributed by atoms with Gasteiger partial charge in [-0.3, -0.25) is 9.59 Å². The fourth-order valence-corrected chi connectivity index (χ4v) is 3.38. The maximum absolute atomic E-state index is 12.3. The molecule has 0 aromatic heterocycles. The van der Waals surface area contributed by atoms with E-state index in [1.165, 1.54) is 32.4 Å². The van der Waals surface area contributed by atoms with Crippen LogP contribution in [0.1, 0.15) is 56.6 Å². The molecule has 0 radical (unpaired) electrons. The van der Waals surface area contributed by atoms with E-state index in [4.69, 9.17) is 5.11 Å². The second-order valence-electron chi connectivity index (χ2n) is 7.45. The third kappa shape index (κ3) is 6.45. The van der Waals surface area contributed by atoms with Gasteiger partial charge in [0.2, 0.25) is 5.91 Å². The number of hydrogen-bond acceptors (Lipinski definition) is 3. The van der Waals surface area contributed by atoms with E-state index in [0.29, 0.717) is 13.0 Å². The number of amides is 1. The Morgan fingerprint density at radius 1 is 1.12 bits per heavy atom. The van der Waals surface area contributed by atoms with E-state index in [1.54, 1.807) is 6.92 Å². The van der Waals surface area contributed by atoms with E-state index in [1.807, 2.05) is 31.2 Å². The number of hydrogen-bond donors (Lipinski definition) is 2. The molecular formula is C21H32N2O3. The molecule has 1 aliphatic rings. The smallest absolute Gasteiger partial charge is 0.306 e. The number of carbonyl (C=O) groups excluding carboxylic acids is 1. The van der Waals surface area contributed by atoms with E-state index in [-0.39, 0.29) is 11.8 Å². The van der Waals surface area contributed by atoms with Crippen molar-refractivity contribution in [2.75, 3.05) is 26.2 Å². The Balaban J connectivity index is 1.73.